The van der Waals surface area contributed by atoms with Gasteiger partial charge >= 0.3 is 0 Å². The molecule has 0 radical (unpaired) electrons. The number of rotatable bonds is 1. The van der Waals surface area contributed by atoms with Gasteiger partial charge in [0.25, 0.3) is 0 Å². The first-order chi connectivity index (χ1) is 2.27. The zero-order valence-electron chi connectivity index (χ0n) is 3.32. The second kappa shape index (κ2) is 2.50. The fourth-order valence-corrected chi connectivity index (χ4v) is 0. The van der Waals surface area contributed by atoms with Crippen molar-refractivity contribution >= 4 is 11.4 Å². The molecule has 0 aliphatic heterocycles. The van der Waals surface area contributed by atoms with Crippen molar-refractivity contribution in [1.29, 1.82) is 0 Å². The maximum Gasteiger partial charge on any atom is 0.115 e. The number of nitrogens with one attached hydrogen (secondary N) is 1. The van der Waals surface area contributed by atoms with Crippen LogP contribution in [0.4, 0.5) is 0 Å². The maximum absolute atomic E-state index is 9.81. The molecule has 1 atom stereocenters. The van der Waals surface area contributed by atoms with E-state index in [1.807, 2.05) is 0 Å². The van der Waals surface area contributed by atoms with Crippen molar-refractivity contribution in [3.05, 3.63) is 0 Å². The van der Waals surface area contributed by atoms with E-state index in [1.165, 1.54) is 0 Å². The van der Waals surface area contributed by atoms with Gasteiger partial charge in [-0.15, -0.1) is 4.72 Å². The third-order valence-corrected chi connectivity index (χ3v) is 0.862. The molecule has 0 aromatic rings. The first-order valence-electron chi connectivity index (χ1n) is 1.28. The summed E-state index contributed by atoms with van der Waals surface area (Å²) in [4.78, 5) is 0. The molecule has 2 nitrogen and oxygen atoms in total. The highest BCUT2D eigenvalue weighted by atomic mass is 32.2. The Balaban J connectivity index is 2.54. The highest BCUT2D eigenvalue weighted by Crippen LogP contribution is 1.62. The van der Waals surface area contributed by atoms with Crippen molar-refractivity contribution in [3.63, 3.8) is 0 Å². The first-order valence-corrected chi connectivity index (χ1v) is 2.84. The van der Waals surface area contributed by atoms with Crippen LogP contribution in [0.1, 0.15) is 0 Å². The number of hydrogen-bond donors (Lipinski definition) is 1. The summed E-state index contributed by atoms with van der Waals surface area (Å²) in [6.07, 6.45) is 1.58. The van der Waals surface area contributed by atoms with Crippen LogP contribution in [0.2, 0.25) is 0 Å². The molecule has 0 bridgehead atoms. The van der Waals surface area contributed by atoms with E-state index in [-0.39, 0.29) is 0 Å². The van der Waals surface area contributed by atoms with Gasteiger partial charge < -0.3 is 4.55 Å². The molecular formula is C2H7NOS. The summed E-state index contributed by atoms with van der Waals surface area (Å²) in [5.74, 6) is 0. The largest absolute Gasteiger partial charge is 0.598 e. The molecule has 0 aromatic carbocycles. The van der Waals surface area contributed by atoms with E-state index >= 15 is 0 Å². The first kappa shape index (κ1) is 5.27. The fraction of sp³-hybridized carbons (Fsp3) is 1.00. The minimum absolute atomic E-state index is 0.823. The summed E-state index contributed by atoms with van der Waals surface area (Å²) in [5, 5.41) is 0. The van der Waals surface area contributed by atoms with Crippen molar-refractivity contribution in [2.45, 2.75) is 0 Å². The molecule has 0 heterocycles. The molecule has 0 spiro atoms. The zero-order valence-corrected chi connectivity index (χ0v) is 4.13. The molecule has 3 heteroatoms. The molecule has 32 valence electrons. The topological polar surface area (TPSA) is 35.1 Å². The Labute approximate surface area is 34.9 Å². The Morgan fingerprint density at radius 3 is 2.00 bits per heavy atom. The molecule has 5 heavy (non-hydrogen) atoms. The Morgan fingerprint density at radius 2 is 2.00 bits per heavy atom. The zero-order chi connectivity index (χ0) is 4.28. The molecule has 0 aliphatic carbocycles. The van der Waals surface area contributed by atoms with Crippen LogP contribution < -0.4 is 4.72 Å². The van der Waals surface area contributed by atoms with Gasteiger partial charge in [0, 0.05) is 18.4 Å². The Morgan fingerprint density at radius 1 is 1.80 bits per heavy atom. The summed E-state index contributed by atoms with van der Waals surface area (Å²) in [7, 11) is 1.65. The lowest BCUT2D eigenvalue weighted by molar-refractivity contribution is 0.593. The Bertz CT molecular complexity index is 23.6. The summed E-state index contributed by atoms with van der Waals surface area (Å²) in [6.45, 7) is 0. The van der Waals surface area contributed by atoms with Gasteiger partial charge in [0.1, 0.15) is 6.26 Å². The predicted octanol–water partition coefficient (Wildman–Crippen LogP) is -0.501. The van der Waals surface area contributed by atoms with E-state index in [2.05, 4.69) is 4.72 Å². The lowest BCUT2D eigenvalue weighted by Gasteiger charge is -1.95. The van der Waals surface area contributed by atoms with Crippen LogP contribution in [0.5, 0.6) is 0 Å². The molecule has 0 aromatic heterocycles. The standard InChI is InChI=1S/C2H7NOS/c1-3-5(2)4/h3H,1-2H3. The SMILES string of the molecule is CN[S+](C)[O-]. The van der Waals surface area contributed by atoms with Gasteiger partial charge in [0.15, 0.2) is 0 Å². The average Bonchev–Trinajstić information content (AvgIpc) is 1.38. The maximum atomic E-state index is 9.81. The quantitative estimate of drug-likeness (QED) is 0.443. The monoisotopic (exact) mass is 93.0 g/mol. The van der Waals surface area contributed by atoms with E-state index < -0.39 is 11.4 Å². The fourth-order valence-electron chi connectivity index (χ4n) is 0. The van der Waals surface area contributed by atoms with Gasteiger partial charge in [-0.25, -0.2) is 0 Å². The van der Waals surface area contributed by atoms with Crippen LogP contribution in [0, 0.1) is 0 Å². The molecule has 0 saturated heterocycles. The van der Waals surface area contributed by atoms with Gasteiger partial charge in [-0.2, -0.15) is 0 Å². The summed E-state index contributed by atoms with van der Waals surface area (Å²) < 4.78 is 12.3. The third-order valence-electron chi connectivity index (χ3n) is 0.287. The van der Waals surface area contributed by atoms with Crippen molar-refractivity contribution in [2.24, 2.45) is 0 Å². The van der Waals surface area contributed by atoms with E-state index in [9.17, 15) is 4.55 Å². The summed E-state index contributed by atoms with van der Waals surface area (Å²) >= 11 is -0.823. The van der Waals surface area contributed by atoms with E-state index in [1.54, 1.807) is 13.3 Å². The predicted molar refractivity (Wildman–Crippen MR) is 23.1 cm³/mol. The lowest BCUT2D eigenvalue weighted by Crippen LogP contribution is -2.15. The highest BCUT2D eigenvalue weighted by molar-refractivity contribution is 7.88. The van der Waals surface area contributed by atoms with Crippen LogP contribution in [0.25, 0.3) is 0 Å². The van der Waals surface area contributed by atoms with Crippen LogP contribution in [0.15, 0.2) is 0 Å². The van der Waals surface area contributed by atoms with Gasteiger partial charge in [-0.3, -0.25) is 0 Å². The molecule has 1 unspecified atom stereocenters. The molecule has 0 fully saturated rings. The third kappa shape index (κ3) is 4.27. The Hall–Kier alpha value is 0.270. The molecule has 0 amide bonds. The van der Waals surface area contributed by atoms with E-state index in [4.69, 9.17) is 0 Å². The molecular weight excluding hydrogens is 86.1 g/mol. The van der Waals surface area contributed by atoms with Crippen LogP contribution in [-0.2, 0) is 11.4 Å². The van der Waals surface area contributed by atoms with Crippen LogP contribution in [0.3, 0.4) is 0 Å². The Kier molecular flexibility index (Phi) is 2.64. The second-order valence-corrected chi connectivity index (χ2v) is 1.97. The lowest BCUT2D eigenvalue weighted by atomic mass is 11.6. The van der Waals surface area contributed by atoms with Crippen LogP contribution >= 0.6 is 0 Å². The van der Waals surface area contributed by atoms with Gasteiger partial charge in [0.2, 0.25) is 0 Å². The van der Waals surface area contributed by atoms with E-state index in [0.29, 0.717) is 0 Å². The average molecular weight is 93.2 g/mol. The van der Waals surface area contributed by atoms with Crippen molar-refractivity contribution in [2.75, 3.05) is 13.3 Å². The minimum atomic E-state index is -0.823. The van der Waals surface area contributed by atoms with E-state index in [0.717, 1.165) is 0 Å². The van der Waals surface area contributed by atoms with Crippen molar-refractivity contribution in [1.82, 2.24) is 4.72 Å². The van der Waals surface area contributed by atoms with Gasteiger partial charge in [-0.1, -0.05) is 0 Å². The molecule has 0 saturated carbocycles. The molecule has 0 aliphatic rings. The van der Waals surface area contributed by atoms with Crippen LogP contribution in [-0.4, -0.2) is 17.9 Å². The smallest absolute Gasteiger partial charge is 0.115 e. The number of hydrogen-bond acceptors (Lipinski definition) is 2. The highest BCUT2D eigenvalue weighted by Gasteiger charge is 1.79. The van der Waals surface area contributed by atoms with Gasteiger partial charge in [-0.05, 0) is 0 Å². The van der Waals surface area contributed by atoms with Crippen molar-refractivity contribution in [3.8, 4) is 0 Å². The van der Waals surface area contributed by atoms with Gasteiger partial charge in [0.05, 0.1) is 0 Å². The summed E-state index contributed by atoms with van der Waals surface area (Å²) in [5.41, 5.74) is 0. The second-order valence-electron chi connectivity index (χ2n) is 0.658. The van der Waals surface area contributed by atoms with Crippen molar-refractivity contribution < 1.29 is 4.55 Å². The summed E-state index contributed by atoms with van der Waals surface area (Å²) in [6, 6.07) is 0. The molecule has 0 rings (SSSR count). The normalized spacial score (nSPS) is 15.0. The minimum Gasteiger partial charge on any atom is -0.598 e. The molecule has 1 N–H and O–H groups in total.